The molecule has 9 nitrogen and oxygen atoms in total. The average molecular weight is 276 g/mol. The number of aromatic nitrogens is 4. The highest BCUT2D eigenvalue weighted by Crippen LogP contribution is 2.21. The first-order valence-corrected chi connectivity index (χ1v) is 6.15. The third-order valence-electron chi connectivity index (χ3n) is 3.34. The lowest BCUT2D eigenvalue weighted by Gasteiger charge is -2.19. The highest BCUT2D eigenvalue weighted by atomic mass is 16.6. The monoisotopic (exact) mass is 276 g/mol. The second-order valence-electron chi connectivity index (χ2n) is 4.59. The molecule has 2 aromatic rings. The van der Waals surface area contributed by atoms with Gasteiger partial charge in [-0.25, -0.2) is 0 Å². The zero-order valence-corrected chi connectivity index (χ0v) is 10.5. The van der Waals surface area contributed by atoms with Gasteiger partial charge in [-0.3, -0.25) is 9.89 Å². The Morgan fingerprint density at radius 2 is 2.15 bits per heavy atom. The number of hydrogen-bond acceptors (Lipinski definition) is 5. The van der Waals surface area contributed by atoms with Crippen molar-refractivity contribution in [1.82, 2.24) is 25.3 Å². The predicted octanol–water partition coefficient (Wildman–Crippen LogP) is 0.630. The van der Waals surface area contributed by atoms with E-state index in [0.717, 1.165) is 24.1 Å². The van der Waals surface area contributed by atoms with Crippen LogP contribution in [0.15, 0.2) is 12.4 Å². The maximum atomic E-state index is 12.4. The molecule has 0 bridgehead atoms. The number of carbonyl (C=O) groups is 1. The summed E-state index contributed by atoms with van der Waals surface area (Å²) in [6.45, 7) is 0.941. The summed E-state index contributed by atoms with van der Waals surface area (Å²) in [4.78, 5) is 24.2. The average Bonchev–Trinajstić information content (AvgIpc) is 3.03. The molecular weight excluding hydrogens is 264 g/mol. The van der Waals surface area contributed by atoms with E-state index >= 15 is 0 Å². The number of aryl methyl sites for hydroxylation is 1. The van der Waals surface area contributed by atoms with Gasteiger partial charge in [0, 0.05) is 24.3 Å². The van der Waals surface area contributed by atoms with E-state index in [2.05, 4.69) is 20.4 Å². The normalized spacial score (nSPS) is 14.7. The van der Waals surface area contributed by atoms with Gasteiger partial charge in [0.2, 0.25) is 0 Å². The highest BCUT2D eigenvalue weighted by Gasteiger charge is 2.28. The molecule has 1 amide bonds. The number of nitrogens with zero attached hydrogens (tertiary/aromatic N) is 4. The zero-order valence-electron chi connectivity index (χ0n) is 10.5. The molecule has 0 atom stereocenters. The lowest BCUT2D eigenvalue weighted by Crippen LogP contribution is -2.30. The fourth-order valence-corrected chi connectivity index (χ4v) is 2.34. The molecule has 0 spiro atoms. The first kappa shape index (κ1) is 12.3. The van der Waals surface area contributed by atoms with E-state index in [4.69, 9.17) is 0 Å². The highest BCUT2D eigenvalue weighted by molar-refractivity contribution is 5.97. The maximum Gasteiger partial charge on any atom is 0.355 e. The molecule has 3 rings (SSSR count). The van der Waals surface area contributed by atoms with E-state index in [1.807, 2.05) is 0 Å². The summed E-state index contributed by atoms with van der Waals surface area (Å²) in [5.41, 5.74) is 1.95. The Bertz CT molecular complexity index is 661. The molecule has 0 aliphatic carbocycles. The van der Waals surface area contributed by atoms with E-state index in [1.165, 1.54) is 6.20 Å². The van der Waals surface area contributed by atoms with Crippen molar-refractivity contribution >= 4 is 11.7 Å². The predicted molar refractivity (Wildman–Crippen MR) is 66.9 cm³/mol. The topological polar surface area (TPSA) is 121 Å². The van der Waals surface area contributed by atoms with Crippen LogP contribution in [0.5, 0.6) is 0 Å². The van der Waals surface area contributed by atoms with Crippen LogP contribution in [0.25, 0.3) is 0 Å². The van der Waals surface area contributed by atoms with Gasteiger partial charge in [0.15, 0.2) is 5.56 Å². The quantitative estimate of drug-likeness (QED) is 0.615. The number of amides is 1. The minimum absolute atomic E-state index is 0.0121. The maximum absolute atomic E-state index is 12.4. The van der Waals surface area contributed by atoms with Crippen LogP contribution in [0.3, 0.4) is 0 Å². The minimum atomic E-state index is -0.638. The standard InChI is InChI=1S/C11H12N6O3/c18-11(8-5-13-15-10(8)17(19)20)16-3-1-2-9-7(6-16)4-12-14-9/h4-5H,1-3,6H2,(H,12,14)(H,13,15). The first-order valence-electron chi connectivity index (χ1n) is 6.15. The Labute approximate surface area is 113 Å². The number of carbonyl (C=O) groups excluding carboxylic acids is 1. The van der Waals surface area contributed by atoms with Crippen LogP contribution in [-0.2, 0) is 13.0 Å². The van der Waals surface area contributed by atoms with Gasteiger partial charge >= 0.3 is 5.82 Å². The van der Waals surface area contributed by atoms with Crippen LogP contribution in [-0.4, -0.2) is 42.7 Å². The number of H-pyrrole nitrogens is 2. The van der Waals surface area contributed by atoms with Crippen molar-refractivity contribution in [3.05, 3.63) is 39.3 Å². The Morgan fingerprint density at radius 3 is 2.95 bits per heavy atom. The lowest BCUT2D eigenvalue weighted by molar-refractivity contribution is -0.389. The Morgan fingerprint density at radius 1 is 1.35 bits per heavy atom. The summed E-state index contributed by atoms with van der Waals surface area (Å²) in [5, 5.41) is 23.5. The largest absolute Gasteiger partial charge is 0.358 e. The van der Waals surface area contributed by atoms with Crippen LogP contribution < -0.4 is 0 Å². The van der Waals surface area contributed by atoms with Gasteiger partial charge in [0.25, 0.3) is 5.91 Å². The molecule has 0 saturated heterocycles. The van der Waals surface area contributed by atoms with Crippen molar-refractivity contribution in [1.29, 1.82) is 0 Å². The molecule has 1 aliphatic heterocycles. The van der Waals surface area contributed by atoms with Crippen molar-refractivity contribution in [3.63, 3.8) is 0 Å². The van der Waals surface area contributed by atoms with E-state index in [-0.39, 0.29) is 17.3 Å². The van der Waals surface area contributed by atoms with Crippen LogP contribution in [0.4, 0.5) is 5.82 Å². The van der Waals surface area contributed by atoms with E-state index in [1.54, 1.807) is 11.1 Å². The van der Waals surface area contributed by atoms with Crippen molar-refractivity contribution in [3.8, 4) is 0 Å². The fraction of sp³-hybridized carbons (Fsp3) is 0.364. The second kappa shape index (κ2) is 4.76. The summed E-state index contributed by atoms with van der Waals surface area (Å²) in [5.74, 6) is -0.758. The molecular formula is C11H12N6O3. The van der Waals surface area contributed by atoms with Crippen LogP contribution in [0.1, 0.15) is 28.0 Å². The third-order valence-corrected chi connectivity index (χ3v) is 3.34. The molecule has 3 heterocycles. The SMILES string of the molecule is O=C(c1cn[nH]c1[N+](=O)[O-])N1CCCc2[nH]ncc2C1. The lowest BCUT2D eigenvalue weighted by atomic mass is 10.2. The molecule has 20 heavy (non-hydrogen) atoms. The number of hydrogen-bond donors (Lipinski definition) is 2. The van der Waals surface area contributed by atoms with E-state index < -0.39 is 4.92 Å². The summed E-state index contributed by atoms with van der Waals surface area (Å²) in [6, 6.07) is 0. The minimum Gasteiger partial charge on any atom is -0.358 e. The second-order valence-corrected chi connectivity index (χ2v) is 4.59. The fourth-order valence-electron chi connectivity index (χ4n) is 2.34. The number of nitrogens with one attached hydrogen (secondary N) is 2. The summed E-state index contributed by atoms with van der Waals surface area (Å²) >= 11 is 0. The molecule has 0 radical (unpaired) electrons. The van der Waals surface area contributed by atoms with Gasteiger partial charge in [-0.05, 0) is 17.8 Å². The number of rotatable bonds is 2. The van der Waals surface area contributed by atoms with Crippen LogP contribution >= 0.6 is 0 Å². The first-order chi connectivity index (χ1) is 9.66. The molecule has 1 aliphatic rings. The van der Waals surface area contributed by atoms with Gasteiger partial charge in [-0.1, -0.05) is 5.10 Å². The zero-order chi connectivity index (χ0) is 14.1. The molecule has 0 fully saturated rings. The van der Waals surface area contributed by atoms with Gasteiger partial charge < -0.3 is 15.0 Å². The smallest absolute Gasteiger partial charge is 0.355 e. The molecule has 0 saturated carbocycles. The van der Waals surface area contributed by atoms with E-state index in [0.29, 0.717) is 13.1 Å². The van der Waals surface area contributed by atoms with Crippen molar-refractivity contribution in [2.24, 2.45) is 0 Å². The van der Waals surface area contributed by atoms with Crippen LogP contribution in [0, 0.1) is 10.1 Å². The van der Waals surface area contributed by atoms with Gasteiger partial charge in [0.1, 0.15) is 0 Å². The molecule has 9 heteroatoms. The van der Waals surface area contributed by atoms with Gasteiger partial charge in [-0.2, -0.15) is 5.10 Å². The number of nitro groups is 1. The molecule has 104 valence electrons. The summed E-state index contributed by atoms with van der Waals surface area (Å²) in [6.07, 6.45) is 4.48. The van der Waals surface area contributed by atoms with Crippen molar-refractivity contribution < 1.29 is 9.72 Å². The van der Waals surface area contributed by atoms with Crippen LogP contribution in [0.2, 0.25) is 0 Å². The summed E-state index contributed by atoms with van der Waals surface area (Å²) < 4.78 is 0. The molecule has 0 unspecified atom stereocenters. The Hall–Kier alpha value is -2.71. The van der Waals surface area contributed by atoms with E-state index in [9.17, 15) is 14.9 Å². The number of fused-ring (bicyclic) bond motifs is 1. The van der Waals surface area contributed by atoms with Gasteiger partial charge in [-0.15, -0.1) is 5.10 Å². The summed E-state index contributed by atoms with van der Waals surface area (Å²) in [7, 11) is 0. The van der Waals surface area contributed by atoms with Crippen molar-refractivity contribution in [2.45, 2.75) is 19.4 Å². The Kier molecular flexibility index (Phi) is 2.93. The third kappa shape index (κ3) is 2.02. The Balaban J connectivity index is 1.87. The number of aromatic amines is 2. The van der Waals surface area contributed by atoms with Crippen molar-refractivity contribution in [2.75, 3.05) is 6.54 Å². The molecule has 2 aromatic heterocycles. The molecule has 2 N–H and O–H groups in total. The van der Waals surface area contributed by atoms with Gasteiger partial charge in [0.05, 0.1) is 12.4 Å². The molecule has 0 aromatic carbocycles.